The minimum Gasteiger partial charge on any atom is -0.490 e. The lowest BCUT2D eigenvalue weighted by Crippen LogP contribution is -1.98. The second kappa shape index (κ2) is 5.24. The van der Waals surface area contributed by atoms with Crippen molar-refractivity contribution in [3.05, 3.63) is 53.1 Å². The molecule has 3 rings (SSSR count). The van der Waals surface area contributed by atoms with Crippen LogP contribution < -0.4 is 10.5 Å². The van der Waals surface area contributed by atoms with Crippen molar-refractivity contribution in [1.29, 1.82) is 0 Å². The third kappa shape index (κ3) is 2.91. The van der Waals surface area contributed by atoms with E-state index in [4.69, 9.17) is 22.1 Å². The van der Waals surface area contributed by atoms with E-state index in [1.807, 2.05) is 30.3 Å². The lowest BCUT2D eigenvalue weighted by Gasteiger charge is -2.09. The molecule has 19 heavy (non-hydrogen) atoms. The Kier molecular flexibility index (Phi) is 3.45. The van der Waals surface area contributed by atoms with Crippen LogP contribution in [0.2, 0.25) is 5.02 Å². The smallest absolute Gasteiger partial charge is 0.120 e. The van der Waals surface area contributed by atoms with Gasteiger partial charge in [-0.3, -0.25) is 0 Å². The first-order chi connectivity index (χ1) is 9.26. The van der Waals surface area contributed by atoms with Crippen LogP contribution in [0.5, 0.6) is 5.75 Å². The Hall–Kier alpha value is -1.51. The van der Waals surface area contributed by atoms with Gasteiger partial charge in [-0.1, -0.05) is 29.8 Å². The Bertz CT molecular complexity index is 593. The molecule has 3 heteroatoms. The first kappa shape index (κ1) is 12.5. The van der Waals surface area contributed by atoms with Crippen LogP contribution in [0.1, 0.15) is 18.4 Å². The third-order valence-corrected chi connectivity index (χ3v) is 3.63. The Morgan fingerprint density at radius 3 is 2.63 bits per heavy atom. The highest BCUT2D eigenvalue weighted by molar-refractivity contribution is 6.31. The van der Waals surface area contributed by atoms with E-state index in [1.165, 1.54) is 12.8 Å². The van der Waals surface area contributed by atoms with Crippen LogP contribution >= 0.6 is 11.6 Å². The second-order valence-electron chi connectivity index (χ2n) is 4.86. The summed E-state index contributed by atoms with van der Waals surface area (Å²) in [5, 5.41) is 0.719. The minimum absolute atomic E-state index is 0.417. The molecule has 98 valence electrons. The van der Waals surface area contributed by atoms with E-state index in [9.17, 15) is 0 Å². The summed E-state index contributed by atoms with van der Waals surface area (Å²) >= 11 is 6.09. The number of rotatable bonds is 4. The number of hydrogen-bond acceptors (Lipinski definition) is 2. The maximum absolute atomic E-state index is 6.09. The lowest BCUT2D eigenvalue weighted by molar-refractivity contribution is 0.303. The molecule has 0 heterocycles. The standard InChI is InChI=1S/C16H16ClNO/c17-16-7-4-12(8-13(16)10-18)11-2-1-3-15(9-11)19-14-5-6-14/h1-4,7-9,14H,5-6,10,18H2. The van der Waals surface area contributed by atoms with Crippen LogP contribution in [0.4, 0.5) is 0 Å². The van der Waals surface area contributed by atoms with Gasteiger partial charge in [0.25, 0.3) is 0 Å². The van der Waals surface area contributed by atoms with E-state index in [0.717, 1.165) is 27.5 Å². The minimum atomic E-state index is 0.417. The van der Waals surface area contributed by atoms with Crippen molar-refractivity contribution in [2.45, 2.75) is 25.5 Å². The van der Waals surface area contributed by atoms with Crippen molar-refractivity contribution in [3.8, 4) is 16.9 Å². The van der Waals surface area contributed by atoms with Gasteiger partial charge in [0, 0.05) is 11.6 Å². The van der Waals surface area contributed by atoms with Crippen LogP contribution in [-0.4, -0.2) is 6.10 Å². The van der Waals surface area contributed by atoms with Gasteiger partial charge in [-0.05, 0) is 53.8 Å². The molecule has 0 amide bonds. The summed E-state index contributed by atoms with van der Waals surface area (Å²) in [4.78, 5) is 0. The summed E-state index contributed by atoms with van der Waals surface area (Å²) in [6, 6.07) is 14.1. The summed E-state index contributed by atoms with van der Waals surface area (Å²) in [6.45, 7) is 0.449. The van der Waals surface area contributed by atoms with Crippen LogP contribution in [0.3, 0.4) is 0 Å². The molecule has 2 N–H and O–H groups in total. The Balaban J connectivity index is 1.91. The van der Waals surface area contributed by atoms with Gasteiger partial charge in [-0.15, -0.1) is 0 Å². The first-order valence-corrected chi connectivity index (χ1v) is 6.89. The Labute approximate surface area is 118 Å². The zero-order chi connectivity index (χ0) is 13.2. The highest BCUT2D eigenvalue weighted by atomic mass is 35.5. The lowest BCUT2D eigenvalue weighted by atomic mass is 10.0. The van der Waals surface area contributed by atoms with Crippen molar-refractivity contribution in [1.82, 2.24) is 0 Å². The van der Waals surface area contributed by atoms with Gasteiger partial charge in [0.05, 0.1) is 6.10 Å². The van der Waals surface area contributed by atoms with Gasteiger partial charge in [0.1, 0.15) is 5.75 Å². The van der Waals surface area contributed by atoms with Crippen LogP contribution in [-0.2, 0) is 6.54 Å². The van der Waals surface area contributed by atoms with Gasteiger partial charge < -0.3 is 10.5 Å². The van der Waals surface area contributed by atoms with Crippen molar-refractivity contribution in [2.75, 3.05) is 0 Å². The Morgan fingerprint density at radius 2 is 1.89 bits per heavy atom. The van der Waals surface area contributed by atoms with Crippen LogP contribution in [0.15, 0.2) is 42.5 Å². The number of benzene rings is 2. The molecule has 0 radical (unpaired) electrons. The fourth-order valence-electron chi connectivity index (χ4n) is 2.04. The van der Waals surface area contributed by atoms with E-state index >= 15 is 0 Å². The quantitative estimate of drug-likeness (QED) is 0.914. The fraction of sp³-hybridized carbons (Fsp3) is 0.250. The van der Waals surface area contributed by atoms with Gasteiger partial charge >= 0.3 is 0 Å². The monoisotopic (exact) mass is 273 g/mol. The normalized spacial score (nSPS) is 14.4. The molecule has 0 bridgehead atoms. The van der Waals surface area contributed by atoms with E-state index in [1.54, 1.807) is 0 Å². The molecule has 1 saturated carbocycles. The van der Waals surface area contributed by atoms with Crippen LogP contribution in [0, 0.1) is 0 Å². The topological polar surface area (TPSA) is 35.2 Å². The van der Waals surface area contributed by atoms with Gasteiger partial charge in [-0.25, -0.2) is 0 Å². The highest BCUT2D eigenvalue weighted by Crippen LogP contribution is 2.31. The number of hydrogen-bond donors (Lipinski definition) is 1. The predicted molar refractivity (Wildman–Crippen MR) is 78.4 cm³/mol. The maximum Gasteiger partial charge on any atom is 0.120 e. The molecule has 1 aliphatic rings. The fourth-order valence-corrected chi connectivity index (χ4v) is 2.23. The summed E-state index contributed by atoms with van der Waals surface area (Å²) in [7, 11) is 0. The van der Waals surface area contributed by atoms with Crippen molar-refractivity contribution < 1.29 is 4.74 Å². The summed E-state index contributed by atoms with van der Waals surface area (Å²) in [5.41, 5.74) is 8.90. The zero-order valence-electron chi connectivity index (χ0n) is 10.6. The highest BCUT2D eigenvalue weighted by Gasteiger charge is 2.23. The molecule has 2 aromatic carbocycles. The van der Waals surface area contributed by atoms with E-state index in [0.29, 0.717) is 12.6 Å². The molecule has 2 nitrogen and oxygen atoms in total. The molecular formula is C16H16ClNO. The third-order valence-electron chi connectivity index (χ3n) is 3.26. The van der Waals surface area contributed by atoms with Gasteiger partial charge in [-0.2, -0.15) is 0 Å². The number of halogens is 1. The molecule has 0 aliphatic heterocycles. The van der Waals surface area contributed by atoms with Crippen molar-refractivity contribution in [3.63, 3.8) is 0 Å². The molecule has 0 aromatic heterocycles. The molecule has 2 aromatic rings. The maximum atomic E-state index is 6.09. The van der Waals surface area contributed by atoms with Gasteiger partial charge in [0.2, 0.25) is 0 Å². The number of nitrogens with two attached hydrogens (primary N) is 1. The zero-order valence-corrected chi connectivity index (χ0v) is 11.4. The molecule has 0 unspecified atom stereocenters. The average Bonchev–Trinajstić information content (AvgIpc) is 3.23. The van der Waals surface area contributed by atoms with E-state index in [-0.39, 0.29) is 0 Å². The number of ether oxygens (including phenoxy) is 1. The average molecular weight is 274 g/mol. The van der Waals surface area contributed by atoms with Crippen LogP contribution in [0.25, 0.3) is 11.1 Å². The van der Waals surface area contributed by atoms with E-state index in [2.05, 4.69) is 12.1 Å². The molecule has 0 spiro atoms. The summed E-state index contributed by atoms with van der Waals surface area (Å²) < 4.78 is 5.82. The largest absolute Gasteiger partial charge is 0.490 e. The first-order valence-electron chi connectivity index (χ1n) is 6.52. The second-order valence-corrected chi connectivity index (χ2v) is 5.26. The Morgan fingerprint density at radius 1 is 1.11 bits per heavy atom. The molecule has 1 fully saturated rings. The van der Waals surface area contributed by atoms with Gasteiger partial charge in [0.15, 0.2) is 0 Å². The molecular weight excluding hydrogens is 258 g/mol. The predicted octanol–water partition coefficient (Wildman–Crippen LogP) is 4.01. The molecule has 0 atom stereocenters. The van der Waals surface area contributed by atoms with E-state index < -0.39 is 0 Å². The SMILES string of the molecule is NCc1cc(-c2cccc(OC3CC3)c2)ccc1Cl. The summed E-state index contributed by atoms with van der Waals surface area (Å²) in [6.07, 6.45) is 2.76. The molecule has 1 aliphatic carbocycles. The van der Waals surface area contributed by atoms with Crippen molar-refractivity contribution in [2.24, 2.45) is 5.73 Å². The molecule has 0 saturated heterocycles. The summed E-state index contributed by atoms with van der Waals surface area (Å²) in [5.74, 6) is 0.934. The van der Waals surface area contributed by atoms with Crippen molar-refractivity contribution >= 4 is 11.6 Å².